The van der Waals surface area contributed by atoms with E-state index < -0.39 is 6.36 Å². The first-order chi connectivity index (χ1) is 6.51. The SMILES string of the molecule is C#CCc1cccc(OC(F)(F)F)c1. The Balaban J connectivity index is 2.79. The predicted molar refractivity (Wildman–Crippen MR) is 45.7 cm³/mol. The minimum Gasteiger partial charge on any atom is -0.406 e. The molecule has 0 fully saturated rings. The fraction of sp³-hybridized carbons (Fsp3) is 0.200. The maximum Gasteiger partial charge on any atom is 0.573 e. The molecule has 0 aliphatic carbocycles. The molecule has 0 radical (unpaired) electrons. The Morgan fingerprint density at radius 3 is 2.64 bits per heavy atom. The number of halogens is 3. The van der Waals surface area contributed by atoms with Gasteiger partial charge in [0, 0.05) is 6.42 Å². The van der Waals surface area contributed by atoms with Crippen LogP contribution in [0.3, 0.4) is 0 Å². The minimum absolute atomic E-state index is 0.245. The Kier molecular flexibility index (Phi) is 3.03. The molecule has 0 atom stereocenters. The van der Waals surface area contributed by atoms with Crippen LogP contribution in [0.2, 0.25) is 0 Å². The van der Waals surface area contributed by atoms with Gasteiger partial charge in [0.2, 0.25) is 0 Å². The van der Waals surface area contributed by atoms with Crippen LogP contribution < -0.4 is 4.74 Å². The van der Waals surface area contributed by atoms with Crippen molar-refractivity contribution in [1.29, 1.82) is 0 Å². The highest BCUT2D eigenvalue weighted by molar-refractivity contribution is 5.30. The van der Waals surface area contributed by atoms with Crippen molar-refractivity contribution in [2.75, 3.05) is 0 Å². The van der Waals surface area contributed by atoms with Crippen LogP contribution in [0, 0.1) is 12.3 Å². The Hall–Kier alpha value is -1.63. The van der Waals surface area contributed by atoms with E-state index in [1.807, 2.05) is 0 Å². The van der Waals surface area contributed by atoms with Gasteiger partial charge in [0.05, 0.1) is 0 Å². The number of hydrogen-bond acceptors (Lipinski definition) is 1. The molecule has 0 spiro atoms. The number of benzene rings is 1. The maximum absolute atomic E-state index is 11.8. The summed E-state index contributed by atoms with van der Waals surface area (Å²) in [6.07, 6.45) is 0.654. The fourth-order valence-corrected chi connectivity index (χ4v) is 0.970. The third kappa shape index (κ3) is 3.40. The smallest absolute Gasteiger partial charge is 0.406 e. The largest absolute Gasteiger partial charge is 0.573 e. The molecule has 0 aliphatic heterocycles. The van der Waals surface area contributed by atoms with Crippen molar-refractivity contribution in [3.63, 3.8) is 0 Å². The van der Waals surface area contributed by atoms with E-state index in [0.717, 1.165) is 0 Å². The van der Waals surface area contributed by atoms with E-state index in [0.29, 0.717) is 5.56 Å². The second-order valence-corrected chi connectivity index (χ2v) is 2.58. The van der Waals surface area contributed by atoms with Gasteiger partial charge in [-0.3, -0.25) is 0 Å². The molecule has 0 saturated carbocycles. The van der Waals surface area contributed by atoms with Crippen LogP contribution >= 0.6 is 0 Å². The molecule has 14 heavy (non-hydrogen) atoms. The molecule has 1 nitrogen and oxygen atoms in total. The minimum atomic E-state index is -4.66. The molecule has 1 rings (SSSR count). The van der Waals surface area contributed by atoms with Crippen molar-refractivity contribution in [2.45, 2.75) is 12.8 Å². The summed E-state index contributed by atoms with van der Waals surface area (Å²) in [5, 5.41) is 0. The van der Waals surface area contributed by atoms with Gasteiger partial charge in [-0.15, -0.1) is 25.5 Å². The second kappa shape index (κ2) is 4.05. The highest BCUT2D eigenvalue weighted by Crippen LogP contribution is 2.23. The molecular weight excluding hydrogens is 193 g/mol. The van der Waals surface area contributed by atoms with Gasteiger partial charge in [-0.1, -0.05) is 12.1 Å². The van der Waals surface area contributed by atoms with Crippen molar-refractivity contribution < 1.29 is 17.9 Å². The summed E-state index contributed by atoms with van der Waals surface area (Å²) in [5.74, 6) is 2.09. The zero-order valence-corrected chi connectivity index (χ0v) is 7.14. The van der Waals surface area contributed by atoms with Crippen molar-refractivity contribution >= 4 is 0 Å². The number of rotatable bonds is 2. The predicted octanol–water partition coefficient (Wildman–Crippen LogP) is 2.76. The second-order valence-electron chi connectivity index (χ2n) is 2.58. The van der Waals surface area contributed by atoms with E-state index in [-0.39, 0.29) is 12.2 Å². The summed E-state index contributed by atoms with van der Waals surface area (Å²) >= 11 is 0. The third-order valence-corrected chi connectivity index (χ3v) is 1.44. The fourth-order valence-electron chi connectivity index (χ4n) is 0.970. The Bertz CT molecular complexity index is 349. The van der Waals surface area contributed by atoms with Crippen LogP contribution in [-0.2, 0) is 6.42 Å². The normalized spacial score (nSPS) is 10.7. The zero-order valence-electron chi connectivity index (χ0n) is 7.14. The van der Waals surface area contributed by atoms with E-state index >= 15 is 0 Å². The van der Waals surface area contributed by atoms with Gasteiger partial charge in [0.15, 0.2) is 0 Å². The highest BCUT2D eigenvalue weighted by Gasteiger charge is 2.30. The molecule has 0 aromatic heterocycles. The molecule has 1 aromatic carbocycles. The lowest BCUT2D eigenvalue weighted by Crippen LogP contribution is -2.17. The average molecular weight is 200 g/mol. The summed E-state index contributed by atoms with van der Waals surface area (Å²) < 4.78 is 39.1. The number of alkyl halides is 3. The van der Waals surface area contributed by atoms with Crippen LogP contribution in [-0.4, -0.2) is 6.36 Å². The molecule has 0 aliphatic rings. The number of hydrogen-bond donors (Lipinski definition) is 0. The maximum atomic E-state index is 11.8. The third-order valence-electron chi connectivity index (χ3n) is 1.44. The van der Waals surface area contributed by atoms with Crippen molar-refractivity contribution in [1.82, 2.24) is 0 Å². The lowest BCUT2D eigenvalue weighted by Gasteiger charge is -2.08. The molecule has 1 aromatic rings. The van der Waals surface area contributed by atoms with Crippen LogP contribution in [0.5, 0.6) is 5.75 Å². The number of ether oxygens (including phenoxy) is 1. The van der Waals surface area contributed by atoms with Gasteiger partial charge in [-0.2, -0.15) is 0 Å². The quantitative estimate of drug-likeness (QED) is 0.667. The number of terminal acetylenes is 1. The molecule has 0 N–H and O–H groups in total. The first kappa shape index (κ1) is 10.5. The topological polar surface area (TPSA) is 9.23 Å². The first-order valence-electron chi connectivity index (χ1n) is 3.79. The Labute approximate surface area is 79.5 Å². The molecule has 0 saturated heterocycles. The van der Waals surface area contributed by atoms with Crippen molar-refractivity contribution in [3.8, 4) is 18.1 Å². The van der Waals surface area contributed by atoms with E-state index in [1.54, 1.807) is 6.07 Å². The van der Waals surface area contributed by atoms with Gasteiger partial charge in [0.1, 0.15) is 5.75 Å². The van der Waals surface area contributed by atoms with Crippen molar-refractivity contribution in [2.24, 2.45) is 0 Å². The van der Waals surface area contributed by atoms with Crippen LogP contribution in [0.25, 0.3) is 0 Å². The molecule has 0 amide bonds. The van der Waals surface area contributed by atoms with E-state index in [1.165, 1.54) is 18.2 Å². The van der Waals surface area contributed by atoms with Gasteiger partial charge >= 0.3 is 6.36 Å². The van der Waals surface area contributed by atoms with E-state index in [2.05, 4.69) is 10.7 Å². The summed E-state index contributed by atoms with van der Waals surface area (Å²) in [4.78, 5) is 0. The van der Waals surface area contributed by atoms with Gasteiger partial charge in [-0.05, 0) is 17.7 Å². The van der Waals surface area contributed by atoms with Crippen molar-refractivity contribution in [3.05, 3.63) is 29.8 Å². The van der Waals surface area contributed by atoms with E-state index in [9.17, 15) is 13.2 Å². The summed E-state index contributed by atoms with van der Waals surface area (Å²) in [7, 11) is 0. The van der Waals surface area contributed by atoms with Crippen LogP contribution in [0.15, 0.2) is 24.3 Å². The summed E-state index contributed by atoms with van der Waals surface area (Å²) in [5.41, 5.74) is 0.620. The highest BCUT2D eigenvalue weighted by atomic mass is 19.4. The standard InChI is InChI=1S/C10H7F3O/c1-2-4-8-5-3-6-9(7-8)14-10(11,12)13/h1,3,5-7H,4H2. The molecule has 0 bridgehead atoms. The lowest BCUT2D eigenvalue weighted by atomic mass is 10.1. The van der Waals surface area contributed by atoms with E-state index in [4.69, 9.17) is 6.42 Å². The van der Waals surface area contributed by atoms with Crippen LogP contribution in [0.4, 0.5) is 13.2 Å². The Morgan fingerprint density at radius 2 is 2.07 bits per heavy atom. The van der Waals surface area contributed by atoms with Crippen LogP contribution in [0.1, 0.15) is 5.56 Å². The zero-order chi connectivity index (χ0) is 10.6. The molecular formula is C10H7F3O. The Morgan fingerprint density at radius 1 is 1.36 bits per heavy atom. The van der Waals surface area contributed by atoms with Gasteiger partial charge in [-0.25, -0.2) is 0 Å². The molecule has 4 heteroatoms. The monoisotopic (exact) mass is 200 g/mol. The molecule has 0 heterocycles. The summed E-state index contributed by atoms with van der Waals surface area (Å²) in [6, 6.07) is 5.61. The lowest BCUT2D eigenvalue weighted by molar-refractivity contribution is -0.274. The molecule has 74 valence electrons. The first-order valence-corrected chi connectivity index (χ1v) is 3.79. The van der Waals surface area contributed by atoms with Gasteiger partial charge in [0.25, 0.3) is 0 Å². The molecule has 0 unspecified atom stereocenters. The van der Waals surface area contributed by atoms with Gasteiger partial charge < -0.3 is 4.74 Å². The summed E-state index contributed by atoms with van der Waals surface area (Å²) in [6.45, 7) is 0. The average Bonchev–Trinajstić information content (AvgIpc) is 2.02.